The minimum Gasteiger partial charge on any atom is -0.484 e. The summed E-state index contributed by atoms with van der Waals surface area (Å²) in [6, 6.07) is 8.10. The molecule has 0 unspecified atom stereocenters. The number of ether oxygens (including phenoxy) is 3. The van der Waals surface area contributed by atoms with Crippen LogP contribution in [0.3, 0.4) is 0 Å². The average molecular weight is 679 g/mol. The van der Waals surface area contributed by atoms with E-state index in [4.69, 9.17) is 14.2 Å². The van der Waals surface area contributed by atoms with Gasteiger partial charge in [-0.15, -0.1) is 11.8 Å². The molecule has 3 atom stereocenters. The molecule has 258 valence electrons. The molecule has 2 heterocycles. The normalized spacial score (nSPS) is 19.8. The zero-order valence-corrected chi connectivity index (χ0v) is 30.4. The molecule has 0 saturated carbocycles. The summed E-state index contributed by atoms with van der Waals surface area (Å²) in [4.78, 5) is 56.3. The van der Waals surface area contributed by atoms with Crippen LogP contribution in [-0.2, 0) is 28.7 Å². The minimum atomic E-state index is -2.19. The molecule has 2 amide bonds. The van der Waals surface area contributed by atoms with Crippen LogP contribution < -0.4 is 10.1 Å². The van der Waals surface area contributed by atoms with Gasteiger partial charge in [0.15, 0.2) is 12.4 Å². The van der Waals surface area contributed by atoms with E-state index in [0.29, 0.717) is 24.2 Å². The number of nitrogens with one attached hydrogen (secondary N) is 1. The van der Waals surface area contributed by atoms with Crippen molar-refractivity contribution in [3.05, 3.63) is 30.3 Å². The van der Waals surface area contributed by atoms with Crippen LogP contribution >= 0.6 is 18.6 Å². The van der Waals surface area contributed by atoms with E-state index in [1.165, 1.54) is 11.8 Å². The molecular weight excluding hydrogens is 623 g/mol. The fraction of sp³-hybridized carbons (Fsp3) is 0.686. The molecule has 2 saturated heterocycles. The first-order valence-electron chi connectivity index (χ1n) is 17.0. The lowest BCUT2D eigenvalue weighted by Gasteiger charge is -2.49. The Morgan fingerprint density at radius 2 is 1.61 bits per heavy atom. The van der Waals surface area contributed by atoms with Crippen molar-refractivity contribution in [2.75, 3.05) is 37.5 Å². The number of amides is 2. The lowest BCUT2D eigenvalue weighted by atomic mass is 10.1. The number of hydrogen-bond donors (Lipinski definition) is 1. The molecule has 0 aliphatic carbocycles. The van der Waals surface area contributed by atoms with Gasteiger partial charge in [-0.05, 0) is 83.5 Å². The maximum absolute atomic E-state index is 14.3. The Labute approximate surface area is 280 Å². The van der Waals surface area contributed by atoms with Crippen LogP contribution in [0, 0.1) is 0 Å². The Balaban J connectivity index is 2.04. The van der Waals surface area contributed by atoms with E-state index in [1.807, 2.05) is 39.0 Å². The molecule has 9 nitrogen and oxygen atoms in total. The Bertz CT molecular complexity index is 1200. The van der Waals surface area contributed by atoms with Crippen molar-refractivity contribution in [1.82, 2.24) is 10.2 Å². The first-order chi connectivity index (χ1) is 22.0. The molecule has 2 aliphatic rings. The van der Waals surface area contributed by atoms with Gasteiger partial charge in [0.25, 0.3) is 11.8 Å². The second-order valence-electron chi connectivity index (χ2n) is 13.2. The maximum atomic E-state index is 14.3. The SMILES string of the molecule is CCCCP(CCCC)(CCCC)=C(C(=O)OC(C)(C)C)N1C(=O)[C@@H](NC(=O)COc2ccccc2)[C@H]1SCC(=O)[C@H]1CCCO1. The van der Waals surface area contributed by atoms with Crippen LogP contribution in [0.25, 0.3) is 0 Å². The van der Waals surface area contributed by atoms with Crippen molar-refractivity contribution in [2.45, 2.75) is 116 Å². The summed E-state index contributed by atoms with van der Waals surface area (Å²) in [7, 11) is 0. The zero-order valence-electron chi connectivity index (χ0n) is 28.7. The van der Waals surface area contributed by atoms with E-state index in [0.717, 1.165) is 63.4 Å². The molecule has 3 rings (SSSR count). The van der Waals surface area contributed by atoms with Gasteiger partial charge in [0.2, 0.25) is 0 Å². The number of rotatable bonds is 19. The van der Waals surface area contributed by atoms with Crippen LogP contribution in [0.2, 0.25) is 0 Å². The maximum Gasteiger partial charge on any atom is 0.355 e. The van der Waals surface area contributed by atoms with E-state index >= 15 is 0 Å². The molecule has 1 aromatic carbocycles. The van der Waals surface area contributed by atoms with Gasteiger partial charge in [-0.3, -0.25) is 19.3 Å². The number of esters is 1. The number of carbonyl (C=O) groups is 4. The summed E-state index contributed by atoms with van der Waals surface area (Å²) in [6.45, 7) is 10.1. The van der Waals surface area contributed by atoms with Gasteiger partial charge in [0, 0.05) is 6.61 Å². The van der Waals surface area contributed by atoms with E-state index in [2.05, 4.69) is 26.1 Å². The van der Waals surface area contributed by atoms with Gasteiger partial charge in [0.1, 0.15) is 34.3 Å². The number of benzene rings is 1. The summed E-state index contributed by atoms with van der Waals surface area (Å²) in [5.74, 6) is -0.624. The van der Waals surface area contributed by atoms with E-state index in [-0.39, 0.29) is 24.1 Å². The molecule has 0 bridgehead atoms. The van der Waals surface area contributed by atoms with Crippen molar-refractivity contribution in [1.29, 1.82) is 0 Å². The van der Waals surface area contributed by atoms with Gasteiger partial charge in [-0.1, -0.05) is 65.1 Å². The topological polar surface area (TPSA) is 111 Å². The highest BCUT2D eigenvalue weighted by Gasteiger charge is 2.54. The van der Waals surface area contributed by atoms with Crippen molar-refractivity contribution in [2.24, 2.45) is 0 Å². The molecule has 0 radical (unpaired) electrons. The summed E-state index contributed by atoms with van der Waals surface area (Å²) >= 11 is 1.30. The monoisotopic (exact) mass is 678 g/mol. The van der Waals surface area contributed by atoms with Gasteiger partial charge in [-0.2, -0.15) is 0 Å². The quantitative estimate of drug-likeness (QED) is 0.106. The molecule has 46 heavy (non-hydrogen) atoms. The highest BCUT2D eigenvalue weighted by molar-refractivity contribution is 8.00. The molecule has 0 aromatic heterocycles. The zero-order chi connectivity index (χ0) is 33.7. The van der Waals surface area contributed by atoms with Crippen LogP contribution in [0.4, 0.5) is 0 Å². The van der Waals surface area contributed by atoms with Crippen molar-refractivity contribution >= 4 is 47.6 Å². The summed E-state index contributed by atoms with van der Waals surface area (Å²) in [5, 5.41) is 2.23. The molecule has 11 heteroatoms. The Kier molecular flexibility index (Phi) is 15.2. The number of thioether (sulfide) groups is 1. The Hall–Kier alpha value is -2.29. The first kappa shape index (κ1) is 38.2. The number of ketones is 1. The van der Waals surface area contributed by atoms with E-state index < -0.39 is 41.9 Å². The largest absolute Gasteiger partial charge is 0.484 e. The minimum absolute atomic E-state index is 0.0397. The molecule has 0 spiro atoms. The smallest absolute Gasteiger partial charge is 0.355 e. The van der Waals surface area contributed by atoms with Crippen LogP contribution in [0.5, 0.6) is 5.75 Å². The Morgan fingerprint density at radius 1 is 1.00 bits per heavy atom. The molecule has 1 aromatic rings. The van der Waals surface area contributed by atoms with E-state index in [1.54, 1.807) is 17.0 Å². The van der Waals surface area contributed by atoms with Crippen molar-refractivity contribution < 1.29 is 33.4 Å². The number of likely N-dealkylation sites (tertiary alicyclic amines) is 1. The van der Waals surface area contributed by atoms with Crippen LogP contribution in [0.1, 0.15) is 92.9 Å². The number of nitrogens with zero attached hydrogens (tertiary/aromatic N) is 1. The second kappa shape index (κ2) is 18.3. The number of unbranched alkanes of at least 4 members (excludes halogenated alkanes) is 3. The Morgan fingerprint density at radius 3 is 2.13 bits per heavy atom. The number of β-lactam (4-membered cyclic amide) rings is 1. The lowest BCUT2D eigenvalue weighted by Crippen LogP contribution is -2.72. The number of Topliss-reactive ketones (excluding diaryl/α,β-unsaturated/α-hetero) is 1. The molecule has 2 fully saturated rings. The average Bonchev–Trinajstić information content (AvgIpc) is 3.57. The summed E-state index contributed by atoms with van der Waals surface area (Å²) in [5.41, 5.74) is -0.275. The van der Waals surface area contributed by atoms with Crippen LogP contribution in [-0.4, -0.2) is 94.5 Å². The summed E-state index contributed by atoms with van der Waals surface area (Å²) in [6.07, 6.45) is 9.40. The van der Waals surface area contributed by atoms with Gasteiger partial charge < -0.3 is 19.5 Å². The first-order valence-corrected chi connectivity index (χ1v) is 20.4. The van der Waals surface area contributed by atoms with Gasteiger partial charge >= 0.3 is 5.97 Å². The summed E-state index contributed by atoms with van der Waals surface area (Å²) < 4.78 is 17.3. The third-order valence-corrected chi connectivity index (χ3v) is 14.3. The highest BCUT2D eigenvalue weighted by Crippen LogP contribution is 2.54. The standard InChI is InChI=1S/C35H55N2O7PS/c1-7-10-21-45(22-11-8-2,23-12-9-3)32(34(41)44-35(4,5)6)37-31(40)30(33(37)46-25-27(38)28-19-16-20-42-28)36-29(39)24-43-26-17-14-13-15-18-26/h13-15,17-18,28,30,33H,7-12,16,19-25H2,1-6H3,(H,36,39)/t28-,30-,33-/m1/s1. The molecule has 2 aliphatic heterocycles. The predicted molar refractivity (Wildman–Crippen MR) is 188 cm³/mol. The molecular formula is C35H55N2O7PS. The van der Waals surface area contributed by atoms with Crippen LogP contribution in [0.15, 0.2) is 30.3 Å². The third-order valence-electron chi connectivity index (χ3n) is 8.24. The second-order valence-corrected chi connectivity index (χ2v) is 18.4. The van der Waals surface area contributed by atoms with Crippen molar-refractivity contribution in [3.8, 4) is 5.75 Å². The fourth-order valence-electron chi connectivity index (χ4n) is 5.85. The van der Waals surface area contributed by atoms with Gasteiger partial charge in [0.05, 0.1) is 5.75 Å². The van der Waals surface area contributed by atoms with E-state index in [9.17, 15) is 19.2 Å². The number of carbonyl (C=O) groups excluding carboxylic acids is 4. The predicted octanol–water partition coefficient (Wildman–Crippen LogP) is 6.09. The molecule has 1 N–H and O–H groups in total. The number of para-hydroxylation sites is 1. The van der Waals surface area contributed by atoms with Crippen molar-refractivity contribution in [3.63, 3.8) is 0 Å². The lowest BCUT2D eigenvalue weighted by molar-refractivity contribution is -0.151. The third kappa shape index (κ3) is 10.6. The fourth-order valence-corrected chi connectivity index (χ4v) is 12.4. The number of hydrogen-bond acceptors (Lipinski definition) is 8. The van der Waals surface area contributed by atoms with Gasteiger partial charge in [-0.25, -0.2) is 4.79 Å². The highest BCUT2D eigenvalue weighted by atomic mass is 32.2.